The Morgan fingerprint density at radius 1 is 1.28 bits per heavy atom. The van der Waals surface area contributed by atoms with Crippen molar-refractivity contribution in [3.8, 4) is 0 Å². The molecule has 166 valence electrons. The quantitative estimate of drug-likeness (QED) is 0.557. The van der Waals surface area contributed by atoms with Crippen molar-refractivity contribution in [1.82, 2.24) is 15.1 Å². The lowest BCUT2D eigenvalue weighted by molar-refractivity contribution is -0.139. The molecule has 3 N–H and O–H groups in total. The maximum atomic E-state index is 13.3. The summed E-state index contributed by atoms with van der Waals surface area (Å²) in [4.78, 5) is 30.4. The number of thiocarbonyl (C=S) groups is 1. The second kappa shape index (κ2) is 10.7. The summed E-state index contributed by atoms with van der Waals surface area (Å²) in [5.74, 6) is 0.627. The number of hydrogen-bond acceptors (Lipinski definition) is 4. The van der Waals surface area contributed by atoms with Crippen LogP contribution in [-0.4, -0.2) is 65.4 Å². The predicted molar refractivity (Wildman–Crippen MR) is 122 cm³/mol. The number of unbranched alkanes of at least 4 members (excludes halogenated alkanes) is 1. The van der Waals surface area contributed by atoms with Crippen molar-refractivity contribution in [2.24, 2.45) is 23.0 Å². The summed E-state index contributed by atoms with van der Waals surface area (Å²) in [6.45, 7) is 11.8. The van der Waals surface area contributed by atoms with Gasteiger partial charge in [-0.25, -0.2) is 4.79 Å². The first-order chi connectivity index (χ1) is 13.7. The molecule has 2 aliphatic rings. The minimum Gasteiger partial charge on any atom is -0.338 e. The van der Waals surface area contributed by atoms with Crippen LogP contribution < -0.4 is 11.1 Å². The predicted octanol–water partition coefficient (Wildman–Crippen LogP) is 3.19. The van der Waals surface area contributed by atoms with Crippen LogP contribution in [0.15, 0.2) is 0 Å². The van der Waals surface area contributed by atoms with Crippen LogP contribution in [0.1, 0.15) is 66.2 Å². The number of rotatable bonds is 9. The van der Waals surface area contributed by atoms with Gasteiger partial charge in [0.05, 0.1) is 0 Å². The van der Waals surface area contributed by atoms with Crippen LogP contribution >= 0.6 is 12.2 Å². The second-order valence-corrected chi connectivity index (χ2v) is 10.4. The molecule has 2 atom stereocenters. The second-order valence-electron chi connectivity index (χ2n) is 9.79. The van der Waals surface area contributed by atoms with Crippen molar-refractivity contribution in [2.45, 2.75) is 72.3 Å². The average Bonchev–Trinajstić information content (AvgIpc) is 3.10. The minimum absolute atomic E-state index is 0.00808. The van der Waals surface area contributed by atoms with E-state index in [4.69, 9.17) is 18.0 Å². The molecule has 2 rings (SSSR count). The zero-order chi connectivity index (χ0) is 21.6. The Balaban J connectivity index is 1.87. The summed E-state index contributed by atoms with van der Waals surface area (Å²) in [5.41, 5.74) is 5.51. The van der Waals surface area contributed by atoms with Crippen LogP contribution in [0.3, 0.4) is 0 Å². The number of carbonyl (C=O) groups excluding carboxylic acids is 2. The van der Waals surface area contributed by atoms with E-state index in [1.807, 2.05) is 9.80 Å². The number of hydrogen-bond donors (Lipinski definition) is 2. The van der Waals surface area contributed by atoms with Gasteiger partial charge in [0.2, 0.25) is 5.91 Å². The Hall–Kier alpha value is -1.21. The molecule has 29 heavy (non-hydrogen) atoms. The fourth-order valence-electron chi connectivity index (χ4n) is 4.34. The number of nitrogens with two attached hydrogens (primary N) is 1. The van der Waals surface area contributed by atoms with Gasteiger partial charge in [-0.05, 0) is 37.0 Å². The molecule has 0 spiro atoms. The number of nitrogens with zero attached hydrogens (tertiary/aromatic N) is 2. The fourth-order valence-corrected chi connectivity index (χ4v) is 4.51. The Kier molecular flexibility index (Phi) is 8.89. The standard InChI is InChI=1S/C22H40N4O2S/c1-5-6-8-16-14-25(15-16)21(28)24-13-17-9-7-10-26(17)20(27)19(22(2,3)4)11-18(29)12-23/h16-17,19H,5-15,23H2,1-4H3,(H,24,28)/t17-,19-/m1/s1. The third-order valence-electron chi connectivity index (χ3n) is 6.36. The molecule has 0 aromatic carbocycles. The van der Waals surface area contributed by atoms with E-state index in [2.05, 4.69) is 33.0 Å². The number of likely N-dealkylation sites (tertiary alicyclic amines) is 2. The molecule has 0 bridgehead atoms. The molecule has 0 aromatic heterocycles. The summed E-state index contributed by atoms with van der Waals surface area (Å²) < 4.78 is 0. The van der Waals surface area contributed by atoms with E-state index < -0.39 is 0 Å². The van der Waals surface area contributed by atoms with Gasteiger partial charge in [-0.3, -0.25) is 4.79 Å². The lowest BCUT2D eigenvalue weighted by Gasteiger charge is -2.40. The highest BCUT2D eigenvalue weighted by molar-refractivity contribution is 7.80. The van der Waals surface area contributed by atoms with Gasteiger partial charge >= 0.3 is 6.03 Å². The summed E-state index contributed by atoms with van der Waals surface area (Å²) in [6.07, 6.45) is 6.12. The number of nitrogens with one attached hydrogen (secondary N) is 1. The molecule has 2 fully saturated rings. The first-order valence-corrected chi connectivity index (χ1v) is 11.6. The lowest BCUT2D eigenvalue weighted by atomic mass is 9.77. The minimum atomic E-state index is -0.183. The van der Waals surface area contributed by atoms with E-state index in [1.165, 1.54) is 19.3 Å². The summed E-state index contributed by atoms with van der Waals surface area (Å²) in [5, 5.41) is 3.06. The zero-order valence-electron chi connectivity index (χ0n) is 18.7. The van der Waals surface area contributed by atoms with Gasteiger partial charge in [0.25, 0.3) is 0 Å². The Bertz CT molecular complexity index is 584. The number of carbonyl (C=O) groups is 2. The van der Waals surface area contributed by atoms with Crippen LogP contribution in [0, 0.1) is 17.3 Å². The molecule has 6 nitrogen and oxygen atoms in total. The van der Waals surface area contributed by atoms with Gasteiger partial charge in [0.1, 0.15) is 0 Å². The van der Waals surface area contributed by atoms with Crippen LogP contribution in [0.5, 0.6) is 0 Å². The fraction of sp³-hybridized carbons (Fsp3) is 0.864. The molecule has 0 aliphatic carbocycles. The third kappa shape index (κ3) is 6.64. The highest BCUT2D eigenvalue weighted by Gasteiger charge is 2.39. The normalized spacial score (nSPS) is 21.1. The molecule has 3 amide bonds. The lowest BCUT2D eigenvalue weighted by Crippen LogP contribution is -2.55. The SMILES string of the molecule is CCCCC1CN(C(=O)NC[C@H]2CCCN2C(=O)[C@@H](CC(=S)CN)C(C)(C)C)C1. The van der Waals surface area contributed by atoms with Crippen LogP contribution in [-0.2, 0) is 4.79 Å². The van der Waals surface area contributed by atoms with Crippen molar-refractivity contribution in [2.75, 3.05) is 32.7 Å². The molecule has 2 heterocycles. The molecule has 0 unspecified atom stereocenters. The topological polar surface area (TPSA) is 78.7 Å². The monoisotopic (exact) mass is 424 g/mol. The average molecular weight is 425 g/mol. The van der Waals surface area contributed by atoms with Crippen molar-refractivity contribution >= 4 is 29.0 Å². The highest BCUT2D eigenvalue weighted by Crippen LogP contribution is 2.33. The number of urea groups is 1. The molecule has 2 aliphatic heterocycles. The third-order valence-corrected chi connectivity index (χ3v) is 6.70. The van der Waals surface area contributed by atoms with Crippen molar-refractivity contribution in [3.05, 3.63) is 0 Å². The van der Waals surface area contributed by atoms with Crippen molar-refractivity contribution < 1.29 is 9.59 Å². The summed E-state index contributed by atoms with van der Waals surface area (Å²) in [7, 11) is 0. The first-order valence-electron chi connectivity index (χ1n) is 11.2. The zero-order valence-corrected chi connectivity index (χ0v) is 19.5. The summed E-state index contributed by atoms with van der Waals surface area (Å²) >= 11 is 5.34. The Labute approximate surface area is 181 Å². The Morgan fingerprint density at radius 2 is 1.97 bits per heavy atom. The molecule has 0 radical (unpaired) electrons. The molecule has 7 heteroatoms. The van der Waals surface area contributed by atoms with Crippen LogP contribution in [0.25, 0.3) is 0 Å². The Morgan fingerprint density at radius 3 is 2.55 bits per heavy atom. The van der Waals surface area contributed by atoms with Gasteiger partial charge in [-0.1, -0.05) is 52.8 Å². The van der Waals surface area contributed by atoms with E-state index in [0.717, 1.165) is 37.3 Å². The molecule has 0 aromatic rings. The van der Waals surface area contributed by atoms with E-state index in [-0.39, 0.29) is 29.3 Å². The highest BCUT2D eigenvalue weighted by atomic mass is 32.1. The largest absolute Gasteiger partial charge is 0.338 e. The van der Waals surface area contributed by atoms with E-state index >= 15 is 0 Å². The van der Waals surface area contributed by atoms with Gasteiger partial charge in [0.15, 0.2) is 0 Å². The maximum Gasteiger partial charge on any atom is 0.317 e. The van der Waals surface area contributed by atoms with Gasteiger partial charge in [-0.15, -0.1) is 0 Å². The summed E-state index contributed by atoms with van der Waals surface area (Å²) in [6, 6.07) is 0.0774. The maximum absolute atomic E-state index is 13.3. The molecule has 0 saturated carbocycles. The first kappa shape index (κ1) is 24.1. The van der Waals surface area contributed by atoms with Gasteiger partial charge in [0, 0.05) is 49.5 Å². The smallest absolute Gasteiger partial charge is 0.317 e. The van der Waals surface area contributed by atoms with E-state index in [1.54, 1.807) is 0 Å². The molecular weight excluding hydrogens is 384 g/mol. The number of amides is 3. The van der Waals surface area contributed by atoms with Crippen LogP contribution in [0.4, 0.5) is 4.79 Å². The van der Waals surface area contributed by atoms with E-state index in [9.17, 15) is 9.59 Å². The van der Waals surface area contributed by atoms with E-state index in [0.29, 0.717) is 25.4 Å². The van der Waals surface area contributed by atoms with Crippen LogP contribution in [0.2, 0.25) is 0 Å². The van der Waals surface area contributed by atoms with Crippen molar-refractivity contribution in [1.29, 1.82) is 0 Å². The van der Waals surface area contributed by atoms with Crippen molar-refractivity contribution in [3.63, 3.8) is 0 Å². The van der Waals surface area contributed by atoms with Gasteiger partial charge in [-0.2, -0.15) is 0 Å². The molecule has 2 saturated heterocycles. The molecular formula is C22H40N4O2S. The van der Waals surface area contributed by atoms with Gasteiger partial charge < -0.3 is 20.9 Å².